The minimum absolute atomic E-state index is 0.0345. The van der Waals surface area contributed by atoms with Gasteiger partial charge in [0.1, 0.15) is 12.4 Å². The first kappa shape index (κ1) is 16.9. The van der Waals surface area contributed by atoms with Gasteiger partial charge in [-0.15, -0.1) is 0 Å². The van der Waals surface area contributed by atoms with E-state index in [9.17, 15) is 4.79 Å². The minimum atomic E-state index is -0.0345. The monoisotopic (exact) mass is 324 g/mol. The molecule has 0 unspecified atom stereocenters. The highest BCUT2D eigenvalue weighted by Crippen LogP contribution is 2.26. The Kier molecular flexibility index (Phi) is 6.84. The summed E-state index contributed by atoms with van der Waals surface area (Å²) in [5.41, 5.74) is 0. The van der Waals surface area contributed by atoms with Crippen LogP contribution in [0.5, 0.6) is 5.75 Å². The molecule has 1 aliphatic carbocycles. The molecule has 2 rings (SSSR count). The van der Waals surface area contributed by atoms with Gasteiger partial charge in [-0.05, 0) is 30.5 Å². The fraction of sp³-hybridized carbons (Fsp3) is 0.588. The van der Waals surface area contributed by atoms with Crippen LogP contribution in [-0.4, -0.2) is 37.7 Å². The number of amides is 2. The fourth-order valence-corrected chi connectivity index (χ4v) is 2.96. The maximum atomic E-state index is 12.0. The molecule has 0 aromatic heterocycles. The molecule has 1 fully saturated rings. The molecule has 1 saturated carbocycles. The van der Waals surface area contributed by atoms with Crippen LogP contribution in [0.3, 0.4) is 0 Å². The van der Waals surface area contributed by atoms with Crippen molar-refractivity contribution in [3.8, 4) is 5.75 Å². The lowest BCUT2D eigenvalue weighted by Crippen LogP contribution is -2.40. The van der Waals surface area contributed by atoms with E-state index in [1.54, 1.807) is 24.1 Å². The molecule has 22 heavy (non-hydrogen) atoms. The van der Waals surface area contributed by atoms with Gasteiger partial charge in [-0.25, -0.2) is 4.79 Å². The maximum absolute atomic E-state index is 12.0. The first-order valence-corrected chi connectivity index (χ1v) is 8.40. The number of carbonyl (C=O) groups is 1. The molecule has 1 aliphatic rings. The number of likely N-dealkylation sites (N-methyl/N-ethyl adjacent to an activating group) is 1. The van der Waals surface area contributed by atoms with Crippen LogP contribution in [0.4, 0.5) is 4.79 Å². The summed E-state index contributed by atoms with van der Waals surface area (Å²) in [4.78, 5) is 13.6. The number of benzene rings is 1. The van der Waals surface area contributed by atoms with Crippen LogP contribution in [0.15, 0.2) is 24.3 Å². The van der Waals surface area contributed by atoms with E-state index < -0.39 is 0 Å². The summed E-state index contributed by atoms with van der Waals surface area (Å²) in [6.07, 6.45) is 6.43. The number of nitrogens with zero attached hydrogens (tertiary/aromatic N) is 1. The summed E-state index contributed by atoms with van der Waals surface area (Å²) in [5.74, 6) is 1.53. The van der Waals surface area contributed by atoms with Gasteiger partial charge in [-0.2, -0.15) is 0 Å². The molecule has 0 atom stereocenters. The number of hydrogen-bond acceptors (Lipinski definition) is 2. The number of rotatable bonds is 7. The molecule has 4 nitrogen and oxygen atoms in total. The summed E-state index contributed by atoms with van der Waals surface area (Å²) in [6.45, 7) is 1.76. The van der Waals surface area contributed by atoms with Gasteiger partial charge in [0.2, 0.25) is 0 Å². The van der Waals surface area contributed by atoms with E-state index in [0.717, 1.165) is 24.6 Å². The van der Waals surface area contributed by atoms with Gasteiger partial charge in [-0.3, -0.25) is 0 Å². The first-order chi connectivity index (χ1) is 10.6. The molecule has 0 heterocycles. The van der Waals surface area contributed by atoms with Gasteiger partial charge in [0, 0.05) is 18.6 Å². The van der Waals surface area contributed by atoms with E-state index in [1.807, 2.05) is 12.1 Å². The summed E-state index contributed by atoms with van der Waals surface area (Å²) < 4.78 is 5.59. The van der Waals surface area contributed by atoms with E-state index in [1.165, 1.54) is 25.7 Å². The van der Waals surface area contributed by atoms with Gasteiger partial charge >= 0.3 is 6.03 Å². The number of carbonyl (C=O) groups excluding carboxylic acids is 1. The van der Waals surface area contributed by atoms with Crippen molar-refractivity contribution in [3.05, 3.63) is 29.3 Å². The second-order valence-corrected chi connectivity index (χ2v) is 6.33. The summed E-state index contributed by atoms with van der Waals surface area (Å²) in [6, 6.07) is 7.24. The quantitative estimate of drug-likeness (QED) is 0.825. The van der Waals surface area contributed by atoms with E-state index in [0.29, 0.717) is 18.2 Å². The fourth-order valence-electron chi connectivity index (χ4n) is 2.78. The Morgan fingerprint density at radius 3 is 2.91 bits per heavy atom. The van der Waals surface area contributed by atoms with Crippen LogP contribution >= 0.6 is 11.6 Å². The largest absolute Gasteiger partial charge is 0.492 e. The Balaban J connectivity index is 1.59. The minimum Gasteiger partial charge on any atom is -0.492 e. The molecule has 1 N–H and O–H groups in total. The third-order valence-corrected chi connectivity index (χ3v) is 4.38. The van der Waals surface area contributed by atoms with Crippen molar-refractivity contribution in [3.63, 3.8) is 0 Å². The second kappa shape index (κ2) is 8.89. The van der Waals surface area contributed by atoms with Crippen molar-refractivity contribution < 1.29 is 9.53 Å². The van der Waals surface area contributed by atoms with Gasteiger partial charge < -0.3 is 15.0 Å². The van der Waals surface area contributed by atoms with E-state index in [2.05, 4.69) is 5.32 Å². The number of urea groups is 1. The Hall–Kier alpha value is -1.42. The first-order valence-electron chi connectivity index (χ1n) is 8.02. The summed E-state index contributed by atoms with van der Waals surface area (Å²) in [7, 11) is 1.78. The van der Waals surface area contributed by atoms with Gasteiger partial charge in [0.15, 0.2) is 0 Å². The average molecular weight is 325 g/mol. The number of nitrogens with one attached hydrogen (secondary N) is 1. The smallest absolute Gasteiger partial charge is 0.317 e. The van der Waals surface area contributed by atoms with Crippen molar-refractivity contribution in [1.29, 1.82) is 0 Å². The van der Waals surface area contributed by atoms with Crippen LogP contribution in [0.2, 0.25) is 5.02 Å². The van der Waals surface area contributed by atoms with Crippen LogP contribution in [0.25, 0.3) is 0 Å². The average Bonchev–Trinajstić information content (AvgIpc) is 3.00. The zero-order valence-corrected chi connectivity index (χ0v) is 13.9. The zero-order chi connectivity index (χ0) is 15.8. The van der Waals surface area contributed by atoms with Gasteiger partial charge in [0.25, 0.3) is 0 Å². The predicted molar refractivity (Wildman–Crippen MR) is 89.6 cm³/mol. The highest BCUT2D eigenvalue weighted by atomic mass is 35.5. The van der Waals surface area contributed by atoms with Crippen molar-refractivity contribution in [2.75, 3.05) is 26.7 Å². The Labute approximate surface area is 137 Å². The van der Waals surface area contributed by atoms with Crippen LogP contribution in [-0.2, 0) is 0 Å². The van der Waals surface area contributed by atoms with E-state index in [4.69, 9.17) is 16.3 Å². The molecule has 1 aromatic rings. The third-order valence-electron chi connectivity index (χ3n) is 4.14. The number of halogens is 1. The predicted octanol–water partition coefficient (Wildman–Crippen LogP) is 3.94. The molecular weight excluding hydrogens is 300 g/mol. The highest BCUT2D eigenvalue weighted by molar-refractivity contribution is 6.30. The van der Waals surface area contributed by atoms with Crippen molar-refractivity contribution in [2.45, 2.75) is 32.1 Å². The van der Waals surface area contributed by atoms with E-state index >= 15 is 0 Å². The maximum Gasteiger partial charge on any atom is 0.317 e. The molecule has 5 heteroatoms. The van der Waals surface area contributed by atoms with Crippen molar-refractivity contribution in [1.82, 2.24) is 10.2 Å². The second-order valence-electron chi connectivity index (χ2n) is 5.90. The molecule has 2 amide bonds. The molecule has 0 saturated heterocycles. The highest BCUT2D eigenvalue weighted by Gasteiger charge is 2.15. The Morgan fingerprint density at radius 2 is 2.18 bits per heavy atom. The molecular formula is C17H25ClN2O2. The van der Waals surface area contributed by atoms with Crippen molar-refractivity contribution >= 4 is 17.6 Å². The number of ether oxygens (including phenoxy) is 1. The summed E-state index contributed by atoms with van der Waals surface area (Å²) >= 11 is 5.89. The third kappa shape index (κ3) is 5.76. The van der Waals surface area contributed by atoms with Crippen molar-refractivity contribution in [2.24, 2.45) is 5.92 Å². The van der Waals surface area contributed by atoms with Gasteiger partial charge in [-0.1, -0.05) is 43.4 Å². The molecule has 1 aromatic carbocycles. The summed E-state index contributed by atoms with van der Waals surface area (Å²) in [5, 5.41) is 3.63. The van der Waals surface area contributed by atoms with Crippen LogP contribution in [0.1, 0.15) is 32.1 Å². The SMILES string of the molecule is CN(CCOc1cccc(Cl)c1)C(=O)NCCC1CCCC1. The lowest BCUT2D eigenvalue weighted by Gasteiger charge is -2.19. The topological polar surface area (TPSA) is 41.6 Å². The molecule has 122 valence electrons. The molecule has 0 bridgehead atoms. The lowest BCUT2D eigenvalue weighted by molar-refractivity contribution is 0.195. The Bertz CT molecular complexity index is 475. The zero-order valence-electron chi connectivity index (χ0n) is 13.2. The number of hydrogen-bond donors (Lipinski definition) is 1. The Morgan fingerprint density at radius 1 is 1.41 bits per heavy atom. The normalized spacial score (nSPS) is 14.8. The van der Waals surface area contributed by atoms with Crippen LogP contribution in [0, 0.1) is 5.92 Å². The van der Waals surface area contributed by atoms with E-state index in [-0.39, 0.29) is 6.03 Å². The standard InChI is InChI=1S/C17H25ClN2O2/c1-20(11-12-22-16-8-4-7-15(18)13-16)17(21)19-10-9-14-5-2-3-6-14/h4,7-8,13-14H,2-3,5-6,9-12H2,1H3,(H,19,21). The van der Waals surface area contributed by atoms with Gasteiger partial charge in [0.05, 0.1) is 6.54 Å². The molecule has 0 radical (unpaired) electrons. The van der Waals surface area contributed by atoms with Crippen LogP contribution < -0.4 is 10.1 Å². The lowest BCUT2D eigenvalue weighted by atomic mass is 10.0. The molecule has 0 spiro atoms. The molecule has 0 aliphatic heterocycles.